The zero-order chi connectivity index (χ0) is 37.5. The summed E-state index contributed by atoms with van der Waals surface area (Å²) in [4.78, 5) is 5.29. The van der Waals surface area contributed by atoms with Gasteiger partial charge < -0.3 is 14.3 Å². The summed E-state index contributed by atoms with van der Waals surface area (Å²) in [5, 5.41) is 14.7. The Bertz CT molecular complexity index is 3320. The van der Waals surface area contributed by atoms with E-state index in [2.05, 4.69) is 191 Å². The van der Waals surface area contributed by atoms with Crippen LogP contribution in [0.1, 0.15) is 29.0 Å². The maximum Gasteiger partial charge on any atom is 0.135 e. The summed E-state index contributed by atoms with van der Waals surface area (Å²) in [7, 11) is 0. The monoisotopic (exact) mass is 750 g/mol. The van der Waals surface area contributed by atoms with Gasteiger partial charge in [-0.15, -0.1) is 11.3 Å². The number of hydrogen-bond donors (Lipinski definition) is 2. The number of amidine groups is 1. The van der Waals surface area contributed by atoms with Crippen LogP contribution in [0.15, 0.2) is 191 Å². The van der Waals surface area contributed by atoms with Crippen molar-refractivity contribution in [2.45, 2.75) is 12.3 Å². The number of benzene rings is 8. The molecule has 2 N–H and O–H groups in total. The Morgan fingerprint density at radius 1 is 0.544 bits per heavy atom. The van der Waals surface area contributed by atoms with Gasteiger partial charge in [-0.1, -0.05) is 140 Å². The molecule has 0 fully saturated rings. The molecular weight excluding hydrogens is 717 g/mol. The molecule has 11 aromatic rings. The average molecular weight is 751 g/mol. The molecular formula is C51H34N4OS. The van der Waals surface area contributed by atoms with E-state index in [0.717, 1.165) is 50.0 Å². The van der Waals surface area contributed by atoms with Crippen molar-refractivity contribution >= 4 is 81.1 Å². The molecule has 57 heavy (non-hydrogen) atoms. The zero-order valence-electron chi connectivity index (χ0n) is 30.7. The number of furan rings is 1. The van der Waals surface area contributed by atoms with E-state index in [4.69, 9.17) is 9.41 Å². The lowest BCUT2D eigenvalue weighted by molar-refractivity contribution is 0.410. The lowest BCUT2D eigenvalue weighted by Crippen LogP contribution is -2.44. The smallest absolute Gasteiger partial charge is 0.135 e. The first-order chi connectivity index (χ1) is 28.2. The minimum absolute atomic E-state index is 0.131. The van der Waals surface area contributed by atoms with Crippen molar-refractivity contribution in [3.8, 4) is 16.8 Å². The Morgan fingerprint density at radius 3 is 2.07 bits per heavy atom. The molecule has 4 heterocycles. The number of aliphatic imine (C=N–C) groups is 1. The molecule has 8 aromatic carbocycles. The zero-order valence-corrected chi connectivity index (χ0v) is 31.5. The van der Waals surface area contributed by atoms with Gasteiger partial charge in [0.1, 0.15) is 29.3 Å². The average Bonchev–Trinajstić information content (AvgIpc) is 3.96. The van der Waals surface area contributed by atoms with Crippen LogP contribution in [0, 0.1) is 0 Å². The number of aromatic nitrogens is 1. The summed E-state index contributed by atoms with van der Waals surface area (Å²) >= 11 is 1.87. The van der Waals surface area contributed by atoms with Gasteiger partial charge in [0.25, 0.3) is 0 Å². The van der Waals surface area contributed by atoms with Gasteiger partial charge >= 0.3 is 0 Å². The first-order valence-electron chi connectivity index (χ1n) is 19.4. The van der Waals surface area contributed by atoms with Crippen LogP contribution in [0.25, 0.3) is 80.7 Å². The van der Waals surface area contributed by atoms with Gasteiger partial charge in [0.05, 0.1) is 11.0 Å². The summed E-state index contributed by atoms with van der Waals surface area (Å²) < 4.78 is 11.5. The highest BCUT2D eigenvalue weighted by molar-refractivity contribution is 7.26. The van der Waals surface area contributed by atoms with E-state index in [1.54, 1.807) is 0 Å². The number of nitrogens with one attached hydrogen (secondary N) is 2. The minimum atomic E-state index is -0.311. The molecule has 6 heteroatoms. The van der Waals surface area contributed by atoms with E-state index in [9.17, 15) is 0 Å². The van der Waals surface area contributed by atoms with Crippen LogP contribution in [-0.2, 0) is 0 Å². The normalized spacial score (nSPS) is 15.9. The number of para-hydroxylation sites is 2. The van der Waals surface area contributed by atoms with E-state index >= 15 is 0 Å². The molecule has 2 atom stereocenters. The lowest BCUT2D eigenvalue weighted by atomic mass is 9.98. The van der Waals surface area contributed by atoms with Crippen LogP contribution in [-0.4, -0.2) is 10.4 Å². The second kappa shape index (κ2) is 12.8. The van der Waals surface area contributed by atoms with Crippen molar-refractivity contribution in [1.29, 1.82) is 0 Å². The van der Waals surface area contributed by atoms with Crippen molar-refractivity contribution < 1.29 is 4.42 Å². The van der Waals surface area contributed by atoms with Crippen molar-refractivity contribution in [3.05, 3.63) is 199 Å². The third-order valence-corrected chi connectivity index (χ3v) is 12.7. The van der Waals surface area contributed by atoms with Crippen LogP contribution in [0.2, 0.25) is 0 Å². The quantitative estimate of drug-likeness (QED) is 0.184. The number of thiophene rings is 1. The molecule has 0 bridgehead atoms. The highest BCUT2D eigenvalue weighted by Crippen LogP contribution is 2.44. The summed E-state index contributed by atoms with van der Waals surface area (Å²) in [5.74, 6) is 0.858. The van der Waals surface area contributed by atoms with Crippen LogP contribution < -0.4 is 10.6 Å². The second-order valence-corrected chi connectivity index (χ2v) is 15.8. The van der Waals surface area contributed by atoms with Crippen LogP contribution in [0.4, 0.5) is 0 Å². The van der Waals surface area contributed by atoms with Gasteiger partial charge in [-0.2, -0.15) is 0 Å². The predicted octanol–water partition coefficient (Wildman–Crippen LogP) is 13.1. The molecule has 0 radical (unpaired) electrons. The van der Waals surface area contributed by atoms with E-state index in [-0.39, 0.29) is 12.3 Å². The van der Waals surface area contributed by atoms with Crippen molar-refractivity contribution in [2.24, 2.45) is 4.99 Å². The standard InChI is InChI=1S/C51H34N4OS/c1-3-13-31(14-4-1)49-52-50(32-15-5-2-6-16-32)54-51(53-49)40-21-12-24-45-47(40)41-29-33(25-28-44(41)56-45)35-19-11-20-39-38-27-26-34(30-46(38)57-48(35)39)55-42-22-9-7-17-36(42)37-18-8-10-23-43(37)55/h1-30,49,51,53H,(H,52,54). The van der Waals surface area contributed by atoms with Crippen LogP contribution >= 0.6 is 11.3 Å². The van der Waals surface area contributed by atoms with Gasteiger partial charge in [-0.05, 0) is 59.2 Å². The van der Waals surface area contributed by atoms with Gasteiger partial charge in [0, 0.05) is 58.5 Å². The molecule has 0 aliphatic carbocycles. The Kier molecular flexibility index (Phi) is 7.24. The predicted molar refractivity (Wildman–Crippen MR) is 238 cm³/mol. The maximum atomic E-state index is 6.55. The summed E-state index contributed by atoms with van der Waals surface area (Å²) in [6.07, 6.45) is -0.441. The molecule has 3 aromatic heterocycles. The first-order valence-corrected chi connectivity index (χ1v) is 20.2. The molecule has 12 rings (SSSR count). The second-order valence-electron chi connectivity index (χ2n) is 14.8. The van der Waals surface area contributed by atoms with E-state index in [1.165, 1.54) is 53.2 Å². The number of nitrogens with zero attached hydrogens (tertiary/aromatic N) is 2. The summed E-state index contributed by atoms with van der Waals surface area (Å²) in [6.45, 7) is 0. The highest BCUT2D eigenvalue weighted by Gasteiger charge is 2.28. The topological polar surface area (TPSA) is 54.5 Å². The third-order valence-electron chi connectivity index (χ3n) is 11.5. The Hall–Kier alpha value is -6.99. The minimum Gasteiger partial charge on any atom is -0.456 e. The Morgan fingerprint density at radius 2 is 1.26 bits per heavy atom. The summed E-state index contributed by atoms with van der Waals surface area (Å²) in [5.41, 5.74) is 11.0. The van der Waals surface area contributed by atoms with Gasteiger partial charge in [-0.3, -0.25) is 5.32 Å². The maximum absolute atomic E-state index is 6.55. The van der Waals surface area contributed by atoms with Crippen molar-refractivity contribution in [1.82, 2.24) is 15.2 Å². The fourth-order valence-electron chi connectivity index (χ4n) is 8.88. The van der Waals surface area contributed by atoms with Crippen LogP contribution in [0.3, 0.4) is 0 Å². The third kappa shape index (κ3) is 5.15. The number of hydrogen-bond acceptors (Lipinski definition) is 5. The van der Waals surface area contributed by atoms with E-state index in [1.807, 2.05) is 17.4 Å². The Balaban J connectivity index is 0.996. The molecule has 0 amide bonds. The van der Waals surface area contributed by atoms with Crippen LogP contribution in [0.5, 0.6) is 0 Å². The fraction of sp³-hybridized carbons (Fsp3) is 0.0392. The first kappa shape index (κ1) is 32.3. The molecule has 270 valence electrons. The highest BCUT2D eigenvalue weighted by atomic mass is 32.1. The SMILES string of the molecule is c1ccc(C2=NC(c3cccc4oc5ccc(-c6cccc7c6sc6cc(-n8c9ccccc9c9ccccc98)ccc67)cc5c34)NC(c3ccccc3)N2)cc1. The largest absolute Gasteiger partial charge is 0.456 e. The number of rotatable bonds is 5. The molecule has 0 saturated carbocycles. The Labute approximate surface area is 332 Å². The van der Waals surface area contributed by atoms with Gasteiger partial charge in [-0.25, -0.2) is 4.99 Å². The molecule has 0 spiro atoms. The molecule has 5 nitrogen and oxygen atoms in total. The van der Waals surface area contributed by atoms with E-state index < -0.39 is 0 Å². The fourth-order valence-corrected chi connectivity index (χ4v) is 10.2. The molecule has 1 aliphatic heterocycles. The van der Waals surface area contributed by atoms with Crippen molar-refractivity contribution in [2.75, 3.05) is 0 Å². The van der Waals surface area contributed by atoms with Gasteiger partial charge in [0.15, 0.2) is 0 Å². The molecule has 0 saturated heterocycles. The van der Waals surface area contributed by atoms with Crippen molar-refractivity contribution in [3.63, 3.8) is 0 Å². The summed E-state index contributed by atoms with van der Waals surface area (Å²) in [6, 6.07) is 64.9. The van der Waals surface area contributed by atoms with Gasteiger partial charge in [0.2, 0.25) is 0 Å². The molecule has 1 aliphatic rings. The number of fused-ring (bicyclic) bond motifs is 9. The lowest BCUT2D eigenvalue weighted by Gasteiger charge is -2.32. The molecule has 2 unspecified atom stereocenters. The van der Waals surface area contributed by atoms with E-state index in [0.29, 0.717) is 0 Å².